The number of carbonyl (C=O) groups is 1. The van der Waals surface area contributed by atoms with E-state index in [-0.39, 0.29) is 0 Å². The van der Waals surface area contributed by atoms with Gasteiger partial charge in [0.15, 0.2) is 6.29 Å². The number of rotatable bonds is 4. The van der Waals surface area contributed by atoms with E-state index >= 15 is 0 Å². The number of thioether (sulfide) groups is 1. The van der Waals surface area contributed by atoms with E-state index in [9.17, 15) is 4.79 Å². The van der Waals surface area contributed by atoms with Crippen molar-refractivity contribution < 1.29 is 4.79 Å². The Morgan fingerprint density at radius 1 is 1.54 bits per heavy atom. The third-order valence-corrected chi connectivity index (χ3v) is 4.29. The molecule has 0 saturated carbocycles. The highest BCUT2D eigenvalue weighted by Crippen LogP contribution is 2.24. The Balaban J connectivity index is 2.86. The third kappa shape index (κ3) is 3.59. The summed E-state index contributed by atoms with van der Waals surface area (Å²) in [6, 6.07) is 5.79. The normalized spacial score (nSPS) is 10.0. The van der Waals surface area contributed by atoms with E-state index < -0.39 is 0 Å². The Hall–Kier alpha value is 0.450. The molecular weight excluding hydrogens is 363 g/mol. The van der Waals surface area contributed by atoms with Crippen molar-refractivity contribution in [2.75, 3.05) is 10.2 Å². The van der Waals surface area contributed by atoms with Crippen molar-refractivity contribution in [3.05, 3.63) is 28.2 Å². The second kappa shape index (κ2) is 6.03. The molecule has 0 bridgehead atoms. The van der Waals surface area contributed by atoms with Crippen molar-refractivity contribution in [2.45, 2.75) is 4.90 Å². The molecule has 0 aliphatic heterocycles. The number of hydrogen-bond donors (Lipinski definition) is 0. The molecule has 0 spiro atoms. The zero-order valence-corrected chi connectivity index (χ0v) is 11.4. The van der Waals surface area contributed by atoms with E-state index in [2.05, 4.69) is 38.5 Å². The summed E-state index contributed by atoms with van der Waals surface area (Å²) in [7, 11) is 0. The highest BCUT2D eigenvalue weighted by molar-refractivity contribution is 14.1. The van der Waals surface area contributed by atoms with Gasteiger partial charge in [0.1, 0.15) is 0 Å². The lowest BCUT2D eigenvalue weighted by Gasteiger charge is -2.02. The van der Waals surface area contributed by atoms with Gasteiger partial charge in [0.05, 0.1) is 0 Å². The van der Waals surface area contributed by atoms with Crippen molar-refractivity contribution in [1.29, 1.82) is 0 Å². The van der Waals surface area contributed by atoms with Gasteiger partial charge in [-0.3, -0.25) is 4.79 Å². The minimum absolute atomic E-state index is 0.768. The number of alkyl halides is 1. The zero-order chi connectivity index (χ0) is 9.68. The van der Waals surface area contributed by atoms with Crippen molar-refractivity contribution in [3.8, 4) is 0 Å². The van der Waals surface area contributed by atoms with Crippen molar-refractivity contribution in [2.24, 2.45) is 0 Å². The number of benzene rings is 1. The SMILES string of the molecule is O=Cc1cc(Br)ccc1SCCI. The van der Waals surface area contributed by atoms with E-state index in [1.54, 1.807) is 11.8 Å². The van der Waals surface area contributed by atoms with E-state index in [1.165, 1.54) is 0 Å². The highest BCUT2D eigenvalue weighted by atomic mass is 127. The van der Waals surface area contributed by atoms with Gasteiger partial charge in [-0.05, 0) is 18.2 Å². The largest absolute Gasteiger partial charge is 0.298 e. The van der Waals surface area contributed by atoms with Crippen LogP contribution in [0.15, 0.2) is 27.6 Å². The predicted molar refractivity (Wildman–Crippen MR) is 69.1 cm³/mol. The van der Waals surface area contributed by atoms with Gasteiger partial charge in [-0.25, -0.2) is 0 Å². The average Bonchev–Trinajstić information content (AvgIpc) is 2.16. The van der Waals surface area contributed by atoms with Crippen molar-refractivity contribution in [3.63, 3.8) is 0 Å². The number of carbonyl (C=O) groups excluding carboxylic acids is 1. The summed E-state index contributed by atoms with van der Waals surface area (Å²) in [5, 5.41) is 0. The fourth-order valence-corrected chi connectivity index (χ4v) is 2.67. The van der Waals surface area contributed by atoms with Crippen molar-refractivity contribution in [1.82, 2.24) is 0 Å². The molecule has 0 aliphatic carbocycles. The van der Waals surface area contributed by atoms with Crippen LogP contribution in [-0.4, -0.2) is 16.5 Å². The molecule has 1 aromatic carbocycles. The molecular formula is C9H8BrIOS. The molecule has 0 saturated heterocycles. The molecule has 0 fully saturated rings. The van der Waals surface area contributed by atoms with E-state index in [1.807, 2.05) is 18.2 Å². The molecule has 0 atom stereocenters. The molecule has 13 heavy (non-hydrogen) atoms. The van der Waals surface area contributed by atoms with Gasteiger partial charge in [0.25, 0.3) is 0 Å². The lowest BCUT2D eigenvalue weighted by Crippen LogP contribution is -1.87. The zero-order valence-electron chi connectivity index (χ0n) is 6.80. The second-order valence-electron chi connectivity index (χ2n) is 2.34. The number of halogens is 2. The Kier molecular flexibility index (Phi) is 5.35. The first-order chi connectivity index (χ1) is 6.27. The summed E-state index contributed by atoms with van der Waals surface area (Å²) < 4.78 is 2.05. The molecule has 1 rings (SSSR count). The lowest BCUT2D eigenvalue weighted by atomic mass is 10.2. The van der Waals surface area contributed by atoms with Crippen LogP contribution in [0.4, 0.5) is 0 Å². The van der Waals surface area contributed by atoms with Crippen LogP contribution in [0.2, 0.25) is 0 Å². The third-order valence-electron chi connectivity index (χ3n) is 1.43. The molecule has 70 valence electrons. The van der Waals surface area contributed by atoms with Crippen LogP contribution in [0.1, 0.15) is 10.4 Å². The monoisotopic (exact) mass is 370 g/mol. The van der Waals surface area contributed by atoms with Crippen LogP contribution >= 0.6 is 50.3 Å². The Labute approximate surface area is 104 Å². The molecule has 1 nitrogen and oxygen atoms in total. The van der Waals surface area contributed by atoms with Crippen LogP contribution in [0.25, 0.3) is 0 Å². The fraction of sp³-hybridized carbons (Fsp3) is 0.222. The van der Waals surface area contributed by atoms with E-state index in [0.717, 1.165) is 31.4 Å². The molecule has 1 aromatic rings. The van der Waals surface area contributed by atoms with Gasteiger partial charge >= 0.3 is 0 Å². The summed E-state index contributed by atoms with van der Waals surface area (Å²) in [5.41, 5.74) is 0.768. The average molecular weight is 371 g/mol. The Morgan fingerprint density at radius 3 is 2.92 bits per heavy atom. The maximum Gasteiger partial charge on any atom is 0.151 e. The quantitative estimate of drug-likeness (QED) is 0.347. The van der Waals surface area contributed by atoms with Crippen LogP contribution in [-0.2, 0) is 0 Å². The minimum Gasteiger partial charge on any atom is -0.298 e. The molecule has 0 unspecified atom stereocenters. The van der Waals surface area contributed by atoms with E-state index in [4.69, 9.17) is 0 Å². The first kappa shape index (κ1) is 11.5. The van der Waals surface area contributed by atoms with Gasteiger partial charge in [-0.2, -0.15) is 0 Å². The van der Waals surface area contributed by atoms with Crippen LogP contribution in [0, 0.1) is 0 Å². The Morgan fingerprint density at radius 2 is 2.31 bits per heavy atom. The van der Waals surface area contributed by atoms with Gasteiger partial charge < -0.3 is 0 Å². The van der Waals surface area contributed by atoms with Gasteiger partial charge in [0, 0.05) is 25.1 Å². The summed E-state index contributed by atoms with van der Waals surface area (Å²) in [6.07, 6.45) is 0.903. The number of hydrogen-bond acceptors (Lipinski definition) is 2. The topological polar surface area (TPSA) is 17.1 Å². The molecule has 4 heteroatoms. The molecule has 0 amide bonds. The van der Waals surface area contributed by atoms with Crippen LogP contribution < -0.4 is 0 Å². The summed E-state index contributed by atoms with van der Waals surface area (Å²) in [6.45, 7) is 0. The van der Waals surface area contributed by atoms with Crippen molar-refractivity contribution >= 4 is 56.6 Å². The first-order valence-electron chi connectivity index (χ1n) is 3.71. The number of aldehydes is 1. The molecule has 0 aliphatic rings. The molecule has 0 N–H and O–H groups in total. The highest BCUT2D eigenvalue weighted by Gasteiger charge is 2.01. The standard InChI is InChI=1S/C9H8BrIOS/c10-8-1-2-9(13-4-3-11)7(5-8)6-12/h1-2,5-6H,3-4H2. The van der Waals surface area contributed by atoms with Crippen LogP contribution in [0.3, 0.4) is 0 Å². The first-order valence-corrected chi connectivity index (χ1v) is 7.02. The van der Waals surface area contributed by atoms with Crippen LogP contribution in [0.5, 0.6) is 0 Å². The molecule has 0 heterocycles. The summed E-state index contributed by atoms with van der Waals surface area (Å²) >= 11 is 7.38. The maximum absolute atomic E-state index is 10.7. The van der Waals surface area contributed by atoms with Gasteiger partial charge in [-0.15, -0.1) is 11.8 Å². The fourth-order valence-electron chi connectivity index (χ4n) is 0.891. The lowest BCUT2D eigenvalue weighted by molar-refractivity contribution is 0.112. The predicted octanol–water partition coefficient (Wildman–Crippen LogP) is 3.79. The second-order valence-corrected chi connectivity index (χ2v) is 5.47. The Bertz CT molecular complexity index is 304. The van der Waals surface area contributed by atoms with Gasteiger partial charge in [0.2, 0.25) is 0 Å². The molecule has 0 radical (unpaired) electrons. The van der Waals surface area contributed by atoms with Gasteiger partial charge in [-0.1, -0.05) is 38.5 Å². The van der Waals surface area contributed by atoms with E-state index in [0.29, 0.717) is 0 Å². The minimum atomic E-state index is 0.768. The summed E-state index contributed by atoms with van der Waals surface area (Å²) in [4.78, 5) is 11.8. The summed E-state index contributed by atoms with van der Waals surface area (Å²) in [5.74, 6) is 1.04. The maximum atomic E-state index is 10.7. The molecule has 0 aromatic heterocycles. The smallest absolute Gasteiger partial charge is 0.151 e.